The van der Waals surface area contributed by atoms with Crippen LogP contribution in [-0.4, -0.2) is 26.8 Å². The maximum absolute atomic E-state index is 5.91. The van der Waals surface area contributed by atoms with Gasteiger partial charge in [0.25, 0.3) is 0 Å². The van der Waals surface area contributed by atoms with Crippen LogP contribution >= 0.6 is 15.9 Å². The largest absolute Gasteiger partial charge is 0.496 e. The summed E-state index contributed by atoms with van der Waals surface area (Å²) in [5.74, 6) is 1.39. The Bertz CT molecular complexity index is 454. The van der Waals surface area contributed by atoms with Crippen molar-refractivity contribution in [3.05, 3.63) is 27.2 Å². The molecular formula is C15H22BrNO2. The zero-order valence-electron chi connectivity index (χ0n) is 12.0. The summed E-state index contributed by atoms with van der Waals surface area (Å²) < 4.78 is 12.7. The summed E-state index contributed by atoms with van der Waals surface area (Å²) in [6.07, 6.45) is 0.0682. The number of hydrogen-bond donors (Lipinski definition) is 1. The van der Waals surface area contributed by atoms with E-state index in [0.717, 1.165) is 29.9 Å². The summed E-state index contributed by atoms with van der Waals surface area (Å²) >= 11 is 3.66. The average molecular weight is 328 g/mol. The van der Waals surface area contributed by atoms with Gasteiger partial charge in [0.1, 0.15) is 5.75 Å². The van der Waals surface area contributed by atoms with Gasteiger partial charge in [0.05, 0.1) is 19.8 Å². The Morgan fingerprint density at radius 3 is 2.74 bits per heavy atom. The number of hydrogen-bond acceptors (Lipinski definition) is 3. The Labute approximate surface area is 123 Å². The molecule has 106 valence electrons. The lowest BCUT2D eigenvalue weighted by Gasteiger charge is -2.29. The summed E-state index contributed by atoms with van der Waals surface area (Å²) in [4.78, 5) is 0. The van der Waals surface area contributed by atoms with Gasteiger partial charge in [-0.3, -0.25) is 0 Å². The van der Waals surface area contributed by atoms with Gasteiger partial charge in [-0.25, -0.2) is 0 Å². The van der Waals surface area contributed by atoms with Crippen LogP contribution in [0.25, 0.3) is 0 Å². The monoisotopic (exact) mass is 327 g/mol. The predicted molar refractivity (Wildman–Crippen MR) is 81.1 cm³/mol. The SMILES string of the molecule is COc1c(C(C)C)cc(Br)c(C)c1C1CNCCO1. The molecule has 19 heavy (non-hydrogen) atoms. The molecule has 1 N–H and O–H groups in total. The first kappa shape index (κ1) is 14.8. The number of ether oxygens (including phenoxy) is 2. The molecule has 0 amide bonds. The molecule has 1 aliphatic heterocycles. The molecule has 1 atom stereocenters. The number of benzene rings is 1. The van der Waals surface area contributed by atoms with Crippen LogP contribution in [-0.2, 0) is 4.74 Å². The summed E-state index contributed by atoms with van der Waals surface area (Å²) in [5.41, 5.74) is 3.60. The van der Waals surface area contributed by atoms with E-state index in [9.17, 15) is 0 Å². The minimum atomic E-state index is 0.0682. The fourth-order valence-corrected chi connectivity index (χ4v) is 3.02. The average Bonchev–Trinajstić information content (AvgIpc) is 2.41. The molecule has 0 saturated carbocycles. The fourth-order valence-electron chi connectivity index (χ4n) is 2.56. The summed E-state index contributed by atoms with van der Waals surface area (Å²) in [5, 5.41) is 3.38. The maximum Gasteiger partial charge on any atom is 0.128 e. The van der Waals surface area contributed by atoms with Crippen LogP contribution in [0, 0.1) is 6.92 Å². The highest BCUT2D eigenvalue weighted by molar-refractivity contribution is 9.10. The lowest BCUT2D eigenvalue weighted by atomic mass is 9.93. The lowest BCUT2D eigenvalue weighted by molar-refractivity contribution is 0.0257. The Kier molecular flexibility index (Phi) is 4.87. The molecule has 0 bridgehead atoms. The second kappa shape index (κ2) is 6.25. The summed E-state index contributed by atoms with van der Waals surface area (Å²) in [6, 6.07) is 2.17. The molecule has 0 aliphatic carbocycles. The van der Waals surface area contributed by atoms with E-state index in [1.165, 1.54) is 16.7 Å². The predicted octanol–water partition coefficient (Wildman–Crippen LogP) is 3.55. The van der Waals surface area contributed by atoms with E-state index >= 15 is 0 Å². The number of nitrogens with one attached hydrogen (secondary N) is 1. The zero-order valence-corrected chi connectivity index (χ0v) is 13.6. The third-order valence-electron chi connectivity index (χ3n) is 3.63. The molecule has 2 rings (SSSR count). The topological polar surface area (TPSA) is 30.5 Å². The van der Waals surface area contributed by atoms with E-state index in [-0.39, 0.29) is 6.10 Å². The van der Waals surface area contributed by atoms with Crippen LogP contribution in [0.1, 0.15) is 42.6 Å². The molecule has 0 radical (unpaired) electrons. The Morgan fingerprint density at radius 2 is 2.21 bits per heavy atom. The van der Waals surface area contributed by atoms with Crippen molar-refractivity contribution in [2.45, 2.75) is 32.8 Å². The van der Waals surface area contributed by atoms with Gasteiger partial charge in [-0.05, 0) is 30.0 Å². The summed E-state index contributed by atoms with van der Waals surface area (Å²) in [7, 11) is 1.74. The van der Waals surface area contributed by atoms with Crippen molar-refractivity contribution in [1.82, 2.24) is 5.32 Å². The van der Waals surface area contributed by atoms with Gasteiger partial charge in [-0.2, -0.15) is 0 Å². The molecule has 1 aromatic rings. The van der Waals surface area contributed by atoms with Crippen LogP contribution in [0.2, 0.25) is 0 Å². The third-order valence-corrected chi connectivity index (χ3v) is 4.45. The Hall–Kier alpha value is -0.580. The third kappa shape index (κ3) is 2.96. The van der Waals surface area contributed by atoms with Crippen LogP contribution in [0.3, 0.4) is 0 Å². The van der Waals surface area contributed by atoms with Crippen LogP contribution in [0.5, 0.6) is 5.75 Å². The van der Waals surface area contributed by atoms with Crippen molar-refractivity contribution >= 4 is 15.9 Å². The van der Waals surface area contributed by atoms with Gasteiger partial charge in [0.2, 0.25) is 0 Å². The molecule has 4 heteroatoms. The maximum atomic E-state index is 5.91. The standard InChI is InChI=1S/C15H22BrNO2/c1-9(2)11-7-12(16)10(3)14(15(11)18-4)13-8-17-5-6-19-13/h7,9,13,17H,5-6,8H2,1-4H3. The van der Waals surface area contributed by atoms with Gasteiger partial charge in [-0.15, -0.1) is 0 Å². The fraction of sp³-hybridized carbons (Fsp3) is 0.600. The highest BCUT2D eigenvalue weighted by atomic mass is 79.9. The highest BCUT2D eigenvalue weighted by Crippen LogP contribution is 2.41. The van der Waals surface area contributed by atoms with Gasteiger partial charge in [0.15, 0.2) is 0 Å². The van der Waals surface area contributed by atoms with Crippen molar-refractivity contribution < 1.29 is 9.47 Å². The van der Waals surface area contributed by atoms with Crippen LogP contribution < -0.4 is 10.1 Å². The van der Waals surface area contributed by atoms with Gasteiger partial charge in [-0.1, -0.05) is 29.8 Å². The molecule has 1 aliphatic rings. The highest BCUT2D eigenvalue weighted by Gasteiger charge is 2.26. The quantitative estimate of drug-likeness (QED) is 0.920. The van der Waals surface area contributed by atoms with E-state index in [2.05, 4.69) is 48.1 Å². The van der Waals surface area contributed by atoms with E-state index in [0.29, 0.717) is 5.92 Å². The summed E-state index contributed by atoms with van der Waals surface area (Å²) in [6.45, 7) is 8.99. The van der Waals surface area contributed by atoms with Gasteiger partial charge in [0, 0.05) is 23.1 Å². The Morgan fingerprint density at radius 1 is 1.47 bits per heavy atom. The second-order valence-corrected chi connectivity index (χ2v) is 6.09. The molecular weight excluding hydrogens is 306 g/mol. The van der Waals surface area contributed by atoms with Gasteiger partial charge < -0.3 is 14.8 Å². The lowest BCUT2D eigenvalue weighted by Crippen LogP contribution is -2.34. The molecule has 1 heterocycles. The van der Waals surface area contributed by atoms with Crippen molar-refractivity contribution in [2.24, 2.45) is 0 Å². The first-order valence-electron chi connectivity index (χ1n) is 6.75. The van der Waals surface area contributed by atoms with Crippen molar-refractivity contribution in [3.63, 3.8) is 0 Å². The van der Waals surface area contributed by atoms with Crippen molar-refractivity contribution in [2.75, 3.05) is 26.8 Å². The Balaban J connectivity index is 2.55. The second-order valence-electron chi connectivity index (χ2n) is 5.24. The van der Waals surface area contributed by atoms with E-state index in [1.54, 1.807) is 7.11 Å². The minimum Gasteiger partial charge on any atom is -0.496 e. The first-order valence-corrected chi connectivity index (χ1v) is 7.54. The molecule has 1 saturated heterocycles. The zero-order chi connectivity index (χ0) is 14.0. The molecule has 0 spiro atoms. The number of morpholine rings is 1. The van der Waals surface area contributed by atoms with Crippen LogP contribution in [0.15, 0.2) is 10.5 Å². The van der Waals surface area contributed by atoms with Crippen molar-refractivity contribution in [1.29, 1.82) is 0 Å². The van der Waals surface area contributed by atoms with Crippen LogP contribution in [0.4, 0.5) is 0 Å². The van der Waals surface area contributed by atoms with E-state index in [1.807, 2.05) is 0 Å². The van der Waals surface area contributed by atoms with E-state index in [4.69, 9.17) is 9.47 Å². The molecule has 1 fully saturated rings. The number of methoxy groups -OCH3 is 1. The molecule has 3 nitrogen and oxygen atoms in total. The normalized spacial score (nSPS) is 19.8. The molecule has 0 aromatic heterocycles. The number of halogens is 1. The first-order chi connectivity index (χ1) is 9.06. The minimum absolute atomic E-state index is 0.0682. The van der Waals surface area contributed by atoms with E-state index < -0.39 is 0 Å². The molecule has 1 aromatic carbocycles. The number of rotatable bonds is 3. The van der Waals surface area contributed by atoms with Gasteiger partial charge >= 0.3 is 0 Å². The van der Waals surface area contributed by atoms with Crippen molar-refractivity contribution in [3.8, 4) is 5.75 Å². The molecule has 1 unspecified atom stereocenters. The smallest absolute Gasteiger partial charge is 0.128 e.